The second-order valence-electron chi connectivity index (χ2n) is 3.96. The first-order valence-electron chi connectivity index (χ1n) is 5.34. The number of para-hydroxylation sites is 1. The molecule has 0 spiro atoms. The zero-order valence-corrected chi connectivity index (χ0v) is 12.0. The Labute approximate surface area is 127 Å². The molecule has 0 saturated heterocycles. The summed E-state index contributed by atoms with van der Waals surface area (Å²) in [5.74, 6) is 0.228. The molecular weight excluding hydrogens is 239 g/mol. The number of rotatable bonds is 1. The maximum atomic E-state index is 11.0. The molecule has 0 aromatic heterocycles. The summed E-state index contributed by atoms with van der Waals surface area (Å²) in [5, 5.41) is 11.0. The molecular formula is C14H9NaO3. The largest absolute Gasteiger partial charge is 1.00 e. The van der Waals surface area contributed by atoms with E-state index in [1.54, 1.807) is 18.2 Å². The summed E-state index contributed by atoms with van der Waals surface area (Å²) >= 11 is 0. The van der Waals surface area contributed by atoms with Gasteiger partial charge in [0, 0.05) is 17.5 Å². The standard InChI is InChI=1S/C14H10O3.Na/c15-14(16)10-5-3-7-13-11(10)8-9-4-1-2-6-12(9)17-13;/h1-7H,8H2,(H,15,16);/q;+1/p-1. The molecule has 0 bridgehead atoms. The van der Waals surface area contributed by atoms with Crippen LogP contribution in [0.1, 0.15) is 21.5 Å². The number of fused-ring (bicyclic) bond motifs is 2. The van der Waals surface area contributed by atoms with Crippen LogP contribution in [0.4, 0.5) is 0 Å². The van der Waals surface area contributed by atoms with E-state index < -0.39 is 5.97 Å². The van der Waals surface area contributed by atoms with Gasteiger partial charge in [-0.1, -0.05) is 30.3 Å². The average molecular weight is 248 g/mol. The van der Waals surface area contributed by atoms with Gasteiger partial charge >= 0.3 is 29.6 Å². The van der Waals surface area contributed by atoms with Crippen LogP contribution >= 0.6 is 0 Å². The Morgan fingerprint density at radius 2 is 1.78 bits per heavy atom. The second kappa shape index (κ2) is 5.14. The van der Waals surface area contributed by atoms with Crippen molar-refractivity contribution in [1.29, 1.82) is 0 Å². The second-order valence-corrected chi connectivity index (χ2v) is 3.96. The third-order valence-corrected chi connectivity index (χ3v) is 2.91. The van der Waals surface area contributed by atoms with Gasteiger partial charge in [0.2, 0.25) is 0 Å². The minimum Gasteiger partial charge on any atom is -0.545 e. The molecule has 0 fully saturated rings. The van der Waals surface area contributed by atoms with Gasteiger partial charge in [-0.2, -0.15) is 0 Å². The molecule has 2 aromatic rings. The fraction of sp³-hybridized carbons (Fsp3) is 0.0714. The molecule has 1 aliphatic heterocycles. The van der Waals surface area contributed by atoms with Crippen LogP contribution in [0.2, 0.25) is 0 Å². The Hall–Kier alpha value is -1.29. The summed E-state index contributed by atoms with van der Waals surface area (Å²) in [4.78, 5) is 11.0. The Balaban J connectivity index is 0.00000120. The predicted molar refractivity (Wildman–Crippen MR) is 60.1 cm³/mol. The van der Waals surface area contributed by atoms with Crippen LogP contribution in [-0.4, -0.2) is 5.97 Å². The summed E-state index contributed by atoms with van der Waals surface area (Å²) in [6, 6.07) is 12.6. The van der Waals surface area contributed by atoms with Crippen molar-refractivity contribution in [3.63, 3.8) is 0 Å². The number of benzene rings is 2. The average Bonchev–Trinajstić information content (AvgIpc) is 2.35. The quantitative estimate of drug-likeness (QED) is 0.506. The molecule has 2 aromatic carbocycles. The van der Waals surface area contributed by atoms with Crippen LogP contribution < -0.4 is 39.4 Å². The zero-order valence-electron chi connectivity index (χ0n) is 9.97. The molecule has 3 nitrogen and oxygen atoms in total. The number of aromatic carboxylic acids is 1. The number of ether oxygens (including phenoxy) is 1. The minimum atomic E-state index is -1.16. The number of carboxylic acid groups (broad SMARTS) is 1. The Bertz CT molecular complexity index is 608. The maximum Gasteiger partial charge on any atom is 1.00 e. The Morgan fingerprint density at radius 3 is 2.56 bits per heavy atom. The van der Waals surface area contributed by atoms with Crippen LogP contribution in [0.15, 0.2) is 42.5 Å². The van der Waals surface area contributed by atoms with E-state index in [0.717, 1.165) is 11.3 Å². The van der Waals surface area contributed by atoms with Gasteiger partial charge in [-0.3, -0.25) is 0 Å². The van der Waals surface area contributed by atoms with E-state index in [1.807, 2.05) is 24.3 Å². The number of hydrogen-bond acceptors (Lipinski definition) is 3. The minimum absolute atomic E-state index is 0. The third kappa shape index (κ3) is 2.17. The van der Waals surface area contributed by atoms with Crippen molar-refractivity contribution in [2.45, 2.75) is 6.42 Å². The molecule has 0 saturated carbocycles. The van der Waals surface area contributed by atoms with Crippen molar-refractivity contribution in [1.82, 2.24) is 0 Å². The van der Waals surface area contributed by atoms with Gasteiger partial charge < -0.3 is 14.6 Å². The van der Waals surface area contributed by atoms with E-state index in [2.05, 4.69) is 0 Å². The molecule has 1 heterocycles. The van der Waals surface area contributed by atoms with Gasteiger partial charge in [-0.25, -0.2) is 0 Å². The van der Waals surface area contributed by atoms with Gasteiger partial charge in [-0.15, -0.1) is 0 Å². The molecule has 0 unspecified atom stereocenters. The van der Waals surface area contributed by atoms with E-state index in [1.165, 1.54) is 0 Å². The van der Waals surface area contributed by atoms with Crippen molar-refractivity contribution in [2.75, 3.05) is 0 Å². The van der Waals surface area contributed by atoms with E-state index in [9.17, 15) is 9.90 Å². The van der Waals surface area contributed by atoms with E-state index in [0.29, 0.717) is 17.7 Å². The first kappa shape index (κ1) is 13.1. The van der Waals surface area contributed by atoms with Gasteiger partial charge in [0.05, 0.1) is 5.97 Å². The monoisotopic (exact) mass is 248 g/mol. The molecule has 3 rings (SSSR count). The summed E-state index contributed by atoms with van der Waals surface area (Å²) in [5.41, 5.74) is 1.89. The zero-order chi connectivity index (χ0) is 11.8. The molecule has 0 radical (unpaired) electrons. The van der Waals surface area contributed by atoms with Crippen molar-refractivity contribution in [3.05, 3.63) is 59.2 Å². The Kier molecular flexibility index (Phi) is 3.76. The molecule has 0 N–H and O–H groups in total. The smallest absolute Gasteiger partial charge is 0.545 e. The van der Waals surface area contributed by atoms with Gasteiger partial charge in [-0.05, 0) is 17.7 Å². The molecule has 0 atom stereocenters. The first-order valence-corrected chi connectivity index (χ1v) is 5.34. The fourth-order valence-corrected chi connectivity index (χ4v) is 2.09. The molecule has 0 aliphatic carbocycles. The summed E-state index contributed by atoms with van der Waals surface area (Å²) < 4.78 is 5.68. The number of hydrogen-bond donors (Lipinski definition) is 0. The van der Waals surface area contributed by atoms with Crippen LogP contribution in [-0.2, 0) is 6.42 Å². The molecule has 84 valence electrons. The first-order chi connectivity index (χ1) is 8.25. The Morgan fingerprint density at radius 1 is 1.06 bits per heavy atom. The maximum absolute atomic E-state index is 11.0. The van der Waals surface area contributed by atoms with Gasteiger partial charge in [0.25, 0.3) is 0 Å². The molecule has 1 aliphatic rings. The van der Waals surface area contributed by atoms with E-state index in [4.69, 9.17) is 4.74 Å². The van der Waals surface area contributed by atoms with Gasteiger partial charge in [0.15, 0.2) is 0 Å². The third-order valence-electron chi connectivity index (χ3n) is 2.91. The van der Waals surface area contributed by atoms with Crippen molar-refractivity contribution in [3.8, 4) is 11.5 Å². The topological polar surface area (TPSA) is 49.4 Å². The summed E-state index contributed by atoms with van der Waals surface area (Å²) in [7, 11) is 0. The van der Waals surface area contributed by atoms with Crippen molar-refractivity contribution in [2.24, 2.45) is 0 Å². The number of carboxylic acids is 1. The SMILES string of the molecule is O=C([O-])c1cccc2c1Cc1ccccc1O2.[Na+]. The summed E-state index contributed by atoms with van der Waals surface area (Å²) in [6.07, 6.45) is 0.565. The summed E-state index contributed by atoms with van der Waals surface area (Å²) in [6.45, 7) is 0. The van der Waals surface area contributed by atoms with Crippen LogP contribution in [0, 0.1) is 0 Å². The van der Waals surface area contributed by atoms with Crippen molar-refractivity contribution < 1.29 is 44.2 Å². The normalized spacial score (nSPS) is 11.6. The van der Waals surface area contributed by atoms with E-state index >= 15 is 0 Å². The number of carbonyl (C=O) groups is 1. The molecule has 0 amide bonds. The molecule has 18 heavy (non-hydrogen) atoms. The van der Waals surface area contributed by atoms with Crippen LogP contribution in [0.5, 0.6) is 11.5 Å². The predicted octanol–water partition coefficient (Wildman–Crippen LogP) is -1.25. The van der Waals surface area contributed by atoms with Crippen molar-refractivity contribution >= 4 is 5.97 Å². The van der Waals surface area contributed by atoms with Gasteiger partial charge in [0.1, 0.15) is 11.5 Å². The fourth-order valence-electron chi connectivity index (χ4n) is 2.09. The van der Waals surface area contributed by atoms with Crippen LogP contribution in [0.3, 0.4) is 0 Å². The van der Waals surface area contributed by atoms with E-state index in [-0.39, 0.29) is 35.1 Å². The van der Waals surface area contributed by atoms with Crippen LogP contribution in [0.25, 0.3) is 0 Å². The molecule has 4 heteroatoms. The number of carbonyl (C=O) groups excluding carboxylic acids is 1.